The van der Waals surface area contributed by atoms with Gasteiger partial charge in [0, 0.05) is 25.7 Å². The first kappa shape index (κ1) is 23.4. The minimum atomic E-state index is -4.68. The Kier molecular flexibility index (Phi) is 7.28. The highest BCUT2D eigenvalue weighted by atomic mass is 19.4. The Balaban J connectivity index is 2.87. The maximum atomic E-state index is 13.8. The van der Waals surface area contributed by atoms with Crippen LogP contribution in [0.3, 0.4) is 0 Å². The zero-order valence-electron chi connectivity index (χ0n) is 17.5. The minimum Gasteiger partial charge on any atom is -0.465 e. The molecule has 0 aromatic heterocycles. The number of ether oxygens (including phenoxy) is 2. The fourth-order valence-corrected chi connectivity index (χ4v) is 3.51. The monoisotopic (exact) mass is 426 g/mol. The van der Waals surface area contributed by atoms with E-state index in [-0.39, 0.29) is 35.9 Å². The average Bonchev–Trinajstić information content (AvgIpc) is 2.66. The molecule has 2 unspecified atom stereocenters. The summed E-state index contributed by atoms with van der Waals surface area (Å²) in [5.41, 5.74) is -0.993. The van der Waals surface area contributed by atoms with Gasteiger partial charge in [-0.05, 0) is 32.4 Å². The van der Waals surface area contributed by atoms with E-state index in [9.17, 15) is 22.8 Å². The Bertz CT molecular complexity index is 875. The largest absolute Gasteiger partial charge is 0.465 e. The van der Waals surface area contributed by atoms with Crippen molar-refractivity contribution in [3.8, 4) is 0 Å². The van der Waals surface area contributed by atoms with Crippen molar-refractivity contribution >= 4 is 17.7 Å². The highest BCUT2D eigenvalue weighted by Gasteiger charge is 2.47. The summed E-state index contributed by atoms with van der Waals surface area (Å²) in [7, 11) is 3.23. The summed E-state index contributed by atoms with van der Waals surface area (Å²) in [4.78, 5) is 31.5. The van der Waals surface area contributed by atoms with E-state index in [1.165, 1.54) is 30.0 Å². The molecule has 0 bridgehead atoms. The van der Waals surface area contributed by atoms with Gasteiger partial charge >= 0.3 is 18.1 Å². The third-order valence-corrected chi connectivity index (χ3v) is 4.68. The third-order valence-electron chi connectivity index (χ3n) is 4.68. The average molecular weight is 426 g/mol. The number of halogens is 3. The molecular weight excluding hydrogens is 401 g/mol. The molecule has 0 radical (unpaired) electrons. The molecule has 0 amide bonds. The summed E-state index contributed by atoms with van der Waals surface area (Å²) < 4.78 is 51.7. The zero-order valence-corrected chi connectivity index (χ0v) is 17.5. The highest BCUT2D eigenvalue weighted by molar-refractivity contribution is 6.07. The molecule has 0 fully saturated rings. The van der Waals surface area contributed by atoms with Crippen molar-refractivity contribution in [3.05, 3.63) is 46.8 Å². The lowest BCUT2D eigenvalue weighted by Gasteiger charge is -2.34. The van der Waals surface area contributed by atoms with Crippen LogP contribution in [0.15, 0.2) is 40.7 Å². The molecule has 1 heterocycles. The molecule has 2 atom stereocenters. The molecular formula is C21H25F3N2O4. The van der Waals surface area contributed by atoms with Gasteiger partial charge < -0.3 is 14.4 Å². The van der Waals surface area contributed by atoms with Crippen LogP contribution in [0.2, 0.25) is 0 Å². The molecule has 0 saturated heterocycles. The quantitative estimate of drug-likeness (QED) is 0.648. The first-order valence-corrected chi connectivity index (χ1v) is 9.51. The van der Waals surface area contributed by atoms with Gasteiger partial charge in [-0.25, -0.2) is 9.79 Å². The minimum absolute atomic E-state index is 0.0173. The standard InChI is InChI=1S/C21H25F3N2O4/c1-6-29-19(27)15-12(3)25-18(26(4)5)17(20(28)30-7-2)16(15)13-10-8-9-11-14(13)21(22,23)24/h8-11,15-16H,6-7H2,1-5H3. The Morgan fingerprint density at radius 3 is 2.23 bits per heavy atom. The van der Waals surface area contributed by atoms with Crippen molar-refractivity contribution < 1.29 is 32.2 Å². The SMILES string of the molecule is CCOC(=O)C1=C(N(C)C)N=C(C)C(C(=O)OCC)C1c1ccccc1C(F)(F)F. The van der Waals surface area contributed by atoms with E-state index in [4.69, 9.17) is 9.47 Å². The second kappa shape index (κ2) is 9.32. The Morgan fingerprint density at radius 1 is 1.10 bits per heavy atom. The van der Waals surface area contributed by atoms with Gasteiger partial charge in [-0.3, -0.25) is 4.79 Å². The van der Waals surface area contributed by atoms with Gasteiger partial charge in [-0.2, -0.15) is 13.2 Å². The van der Waals surface area contributed by atoms with Crippen LogP contribution in [0.4, 0.5) is 13.2 Å². The topological polar surface area (TPSA) is 68.2 Å². The summed E-state index contributed by atoms with van der Waals surface area (Å²) in [5.74, 6) is -3.89. The van der Waals surface area contributed by atoms with E-state index in [2.05, 4.69) is 4.99 Å². The van der Waals surface area contributed by atoms with E-state index in [0.29, 0.717) is 0 Å². The van der Waals surface area contributed by atoms with Gasteiger partial charge in [0.15, 0.2) is 0 Å². The molecule has 30 heavy (non-hydrogen) atoms. The second-order valence-electron chi connectivity index (χ2n) is 6.90. The van der Waals surface area contributed by atoms with Crippen molar-refractivity contribution in [2.45, 2.75) is 32.9 Å². The number of nitrogens with zero attached hydrogens (tertiary/aromatic N) is 2. The molecule has 1 aliphatic heterocycles. The van der Waals surface area contributed by atoms with Crippen molar-refractivity contribution in [1.82, 2.24) is 4.90 Å². The van der Waals surface area contributed by atoms with Gasteiger partial charge in [-0.1, -0.05) is 18.2 Å². The Labute approximate surface area is 173 Å². The van der Waals surface area contributed by atoms with Crippen molar-refractivity contribution in [2.24, 2.45) is 10.9 Å². The van der Waals surface area contributed by atoms with Crippen LogP contribution < -0.4 is 0 Å². The fraction of sp³-hybridized carbons (Fsp3) is 0.476. The van der Waals surface area contributed by atoms with Crippen molar-refractivity contribution in [3.63, 3.8) is 0 Å². The summed E-state index contributed by atoms with van der Waals surface area (Å²) in [6.45, 7) is 4.78. The van der Waals surface area contributed by atoms with Gasteiger partial charge in [0.25, 0.3) is 0 Å². The van der Waals surface area contributed by atoms with Crippen molar-refractivity contribution in [1.29, 1.82) is 0 Å². The zero-order chi connectivity index (χ0) is 22.6. The summed E-state index contributed by atoms with van der Waals surface area (Å²) in [6, 6.07) is 4.89. The number of hydrogen-bond acceptors (Lipinski definition) is 6. The first-order chi connectivity index (χ1) is 14.0. The van der Waals surface area contributed by atoms with E-state index in [1.54, 1.807) is 27.9 Å². The van der Waals surface area contributed by atoms with Gasteiger partial charge in [-0.15, -0.1) is 0 Å². The normalized spacial score (nSPS) is 19.3. The van der Waals surface area contributed by atoms with Crippen LogP contribution in [0.25, 0.3) is 0 Å². The lowest BCUT2D eigenvalue weighted by Crippen LogP contribution is -2.39. The smallest absolute Gasteiger partial charge is 0.416 e. The number of carbonyl (C=O) groups is 2. The molecule has 2 rings (SSSR count). The van der Waals surface area contributed by atoms with Crippen molar-refractivity contribution in [2.75, 3.05) is 27.3 Å². The molecule has 1 aromatic carbocycles. The summed E-state index contributed by atoms with van der Waals surface area (Å²) >= 11 is 0. The second-order valence-corrected chi connectivity index (χ2v) is 6.90. The van der Waals surface area contributed by atoms with E-state index in [1.807, 2.05) is 0 Å². The van der Waals surface area contributed by atoms with Crippen LogP contribution in [-0.4, -0.2) is 49.9 Å². The lowest BCUT2D eigenvalue weighted by atomic mass is 9.74. The number of carbonyl (C=O) groups excluding carboxylic acids is 2. The first-order valence-electron chi connectivity index (χ1n) is 9.51. The maximum Gasteiger partial charge on any atom is 0.416 e. The lowest BCUT2D eigenvalue weighted by molar-refractivity contribution is -0.147. The fourth-order valence-electron chi connectivity index (χ4n) is 3.51. The predicted molar refractivity (Wildman–Crippen MR) is 105 cm³/mol. The van der Waals surface area contributed by atoms with E-state index >= 15 is 0 Å². The molecule has 0 saturated carbocycles. The van der Waals surface area contributed by atoms with Crippen LogP contribution >= 0.6 is 0 Å². The van der Waals surface area contributed by atoms with Gasteiger partial charge in [0.2, 0.25) is 0 Å². The molecule has 0 N–H and O–H groups in total. The number of benzene rings is 1. The summed E-state index contributed by atoms with van der Waals surface area (Å²) in [5, 5.41) is 0. The van der Waals surface area contributed by atoms with Gasteiger partial charge in [0.1, 0.15) is 11.7 Å². The van der Waals surface area contributed by atoms with Crippen LogP contribution in [0.1, 0.15) is 37.8 Å². The molecule has 0 spiro atoms. The number of aliphatic imine (C=N–C) groups is 1. The van der Waals surface area contributed by atoms with E-state index in [0.717, 1.165) is 6.07 Å². The summed E-state index contributed by atoms with van der Waals surface area (Å²) in [6.07, 6.45) is -4.68. The predicted octanol–water partition coefficient (Wildman–Crippen LogP) is 3.78. The molecule has 0 aliphatic carbocycles. The highest BCUT2D eigenvalue weighted by Crippen LogP contribution is 2.45. The Hall–Kier alpha value is -2.84. The molecule has 164 valence electrons. The molecule has 1 aromatic rings. The number of esters is 2. The Morgan fingerprint density at radius 2 is 1.70 bits per heavy atom. The molecule has 9 heteroatoms. The molecule has 6 nitrogen and oxygen atoms in total. The maximum absolute atomic E-state index is 13.8. The molecule has 1 aliphatic rings. The third kappa shape index (κ3) is 4.66. The number of alkyl halides is 3. The van der Waals surface area contributed by atoms with E-state index < -0.39 is 35.5 Å². The van der Waals surface area contributed by atoms with Crippen LogP contribution in [-0.2, 0) is 25.2 Å². The van der Waals surface area contributed by atoms with Gasteiger partial charge in [0.05, 0.1) is 24.4 Å². The van der Waals surface area contributed by atoms with Crippen LogP contribution in [0.5, 0.6) is 0 Å². The number of rotatable bonds is 6. The number of hydrogen-bond donors (Lipinski definition) is 0. The van der Waals surface area contributed by atoms with Crippen LogP contribution in [0, 0.1) is 5.92 Å².